The molecule has 0 spiro atoms. The number of hydrogen-bond donors (Lipinski definition) is 0. The molecule has 0 aliphatic carbocycles. The third-order valence-electron chi connectivity index (χ3n) is 6.57. The summed E-state index contributed by atoms with van der Waals surface area (Å²) in [6.45, 7) is 7.39. The van der Waals surface area contributed by atoms with Gasteiger partial charge in [0.2, 0.25) is 11.3 Å². The van der Waals surface area contributed by atoms with Crippen LogP contribution in [0.2, 0.25) is 0 Å². The normalized spacial score (nSPS) is 12.6. The summed E-state index contributed by atoms with van der Waals surface area (Å²) in [5.41, 5.74) is 3.79. The number of ether oxygens (including phenoxy) is 2. The topological polar surface area (TPSA) is 64.0 Å². The van der Waals surface area contributed by atoms with E-state index >= 15 is 0 Å². The predicted molar refractivity (Wildman–Crippen MR) is 164 cm³/mol. The van der Waals surface area contributed by atoms with Gasteiger partial charge in [-0.2, -0.15) is 0 Å². The van der Waals surface area contributed by atoms with E-state index in [1.165, 1.54) is 11.0 Å². The van der Waals surface area contributed by atoms with Gasteiger partial charge in [-0.3, -0.25) is 26.3 Å². The molecule has 0 N–H and O–H groups in total. The molecule has 7 nitrogen and oxygen atoms in total. The van der Waals surface area contributed by atoms with Gasteiger partial charge in [0.05, 0.1) is 19.3 Å². The Morgan fingerprint density at radius 2 is 1.48 bits per heavy atom. The number of benzene rings is 3. The summed E-state index contributed by atoms with van der Waals surface area (Å²) < 4.78 is 13.5. The minimum atomic E-state index is -0.378. The summed E-state index contributed by atoms with van der Waals surface area (Å²) in [4.78, 5) is 27.8. The first kappa shape index (κ1) is 34.5. The Bertz CT molecular complexity index is 1460. The SMILES string of the molecule is CC.[CH2-]N1CN(C(c2ccccc2)c2ccccc2COCC)n2ccc(=O)c(OCc3ccccc3)c2C1=O.[CH3-].[Ru+2]. The maximum absolute atomic E-state index is 13.4. The third-order valence-corrected chi connectivity index (χ3v) is 6.57. The van der Waals surface area contributed by atoms with Crippen molar-refractivity contribution >= 4 is 5.91 Å². The standard InChI is InChI=1S/C31H30N3O4.C2H6.CH3.Ru/c1-3-37-21-25-16-10-11-17-26(25)28(24-14-8-5-9-15-24)34-22-32(2)31(36)29-30(27(35)18-19-33(29)34)38-20-23-12-6-4-7-13-23;1-2;;/h4-19,28H,2-3,20-22H2,1H3;1-2H3;1H3;/q-1;;-1;+2. The van der Waals surface area contributed by atoms with E-state index in [2.05, 4.69) is 31.3 Å². The van der Waals surface area contributed by atoms with Crippen LogP contribution in [0.3, 0.4) is 0 Å². The van der Waals surface area contributed by atoms with E-state index in [-0.39, 0.29) is 69.0 Å². The number of aromatic nitrogens is 1. The molecular formula is C34H39N3O4Ru. The van der Waals surface area contributed by atoms with E-state index in [9.17, 15) is 9.59 Å². The van der Waals surface area contributed by atoms with Crippen molar-refractivity contribution in [2.24, 2.45) is 0 Å². The number of carbonyl (C=O) groups excluding carboxylic acids is 1. The van der Waals surface area contributed by atoms with Crippen LogP contribution in [0.25, 0.3) is 0 Å². The van der Waals surface area contributed by atoms with Crippen LogP contribution in [0.5, 0.6) is 5.75 Å². The van der Waals surface area contributed by atoms with Gasteiger partial charge in [-0.05, 0) is 29.2 Å². The Hall–Kier alpha value is -3.74. The van der Waals surface area contributed by atoms with Gasteiger partial charge in [-0.15, -0.1) is 0 Å². The Labute approximate surface area is 262 Å². The fourth-order valence-electron chi connectivity index (χ4n) is 4.74. The van der Waals surface area contributed by atoms with Crippen LogP contribution in [0.1, 0.15) is 59.6 Å². The van der Waals surface area contributed by atoms with E-state index in [1.54, 1.807) is 10.9 Å². The van der Waals surface area contributed by atoms with E-state index in [0.717, 1.165) is 22.3 Å². The van der Waals surface area contributed by atoms with Crippen LogP contribution in [0.15, 0.2) is 102 Å². The van der Waals surface area contributed by atoms with E-state index < -0.39 is 0 Å². The van der Waals surface area contributed by atoms with E-state index in [0.29, 0.717) is 13.2 Å². The van der Waals surface area contributed by atoms with Crippen molar-refractivity contribution < 1.29 is 33.7 Å². The van der Waals surface area contributed by atoms with Crippen LogP contribution in [-0.4, -0.2) is 28.8 Å². The number of pyridine rings is 1. The number of carbonyl (C=O) groups is 1. The predicted octanol–water partition coefficient (Wildman–Crippen LogP) is 6.37. The number of rotatable bonds is 9. The smallest absolute Gasteiger partial charge is 0.482 e. The molecule has 2 heterocycles. The van der Waals surface area contributed by atoms with E-state index in [1.807, 2.05) is 86.4 Å². The molecule has 1 amide bonds. The molecule has 1 aromatic heterocycles. The number of nitrogens with zero attached hydrogens (tertiary/aromatic N) is 3. The molecule has 0 fully saturated rings. The first-order valence-corrected chi connectivity index (χ1v) is 13.6. The molecule has 5 rings (SSSR count). The average Bonchev–Trinajstić information content (AvgIpc) is 3.00. The fraction of sp³-hybridized carbons (Fsp3) is 0.235. The molecule has 222 valence electrons. The Kier molecular flexibility index (Phi) is 13.7. The Morgan fingerprint density at radius 3 is 2.14 bits per heavy atom. The van der Waals surface area contributed by atoms with Crippen LogP contribution in [0.4, 0.5) is 0 Å². The molecule has 4 aromatic rings. The van der Waals surface area contributed by atoms with Crippen LogP contribution < -0.4 is 15.2 Å². The quantitative estimate of drug-likeness (QED) is 0.155. The number of hydrogen-bond acceptors (Lipinski definition) is 5. The minimum absolute atomic E-state index is 0. The Morgan fingerprint density at radius 1 is 0.857 bits per heavy atom. The summed E-state index contributed by atoms with van der Waals surface area (Å²) >= 11 is 0. The van der Waals surface area contributed by atoms with Gasteiger partial charge < -0.3 is 21.8 Å². The third kappa shape index (κ3) is 7.55. The largest absolute Gasteiger partial charge is 2.00 e. The zero-order valence-corrected chi connectivity index (χ0v) is 26.4. The molecule has 0 saturated carbocycles. The van der Waals surface area contributed by atoms with Crippen molar-refractivity contribution in [2.75, 3.05) is 18.3 Å². The molecule has 0 radical (unpaired) electrons. The minimum Gasteiger partial charge on any atom is -0.482 e. The van der Waals surface area contributed by atoms with Gasteiger partial charge in [-0.25, -0.2) is 0 Å². The summed E-state index contributed by atoms with van der Waals surface area (Å²) in [6, 6.07) is 28.9. The Balaban J connectivity index is 0.00000151. The molecular weight excluding hydrogens is 615 g/mol. The first-order valence-electron chi connectivity index (χ1n) is 13.6. The van der Waals surface area contributed by atoms with Crippen molar-refractivity contribution in [3.63, 3.8) is 0 Å². The van der Waals surface area contributed by atoms with Crippen LogP contribution in [-0.2, 0) is 37.4 Å². The first-order chi connectivity index (χ1) is 19.6. The van der Waals surface area contributed by atoms with Gasteiger partial charge in [0.25, 0.3) is 0 Å². The summed E-state index contributed by atoms with van der Waals surface area (Å²) in [6.07, 6.45) is 1.64. The number of fused-ring (bicyclic) bond motifs is 1. The molecule has 1 unspecified atom stereocenters. The summed E-state index contributed by atoms with van der Waals surface area (Å²) in [7, 11) is 4.00. The van der Waals surface area contributed by atoms with Crippen molar-refractivity contribution in [3.05, 3.63) is 150 Å². The van der Waals surface area contributed by atoms with Gasteiger partial charge >= 0.3 is 19.5 Å². The molecule has 1 atom stereocenters. The molecule has 1 aliphatic heterocycles. The zero-order chi connectivity index (χ0) is 28.5. The fourth-order valence-corrected chi connectivity index (χ4v) is 4.74. The van der Waals surface area contributed by atoms with Crippen LogP contribution >= 0.6 is 0 Å². The van der Waals surface area contributed by atoms with Gasteiger partial charge in [0.15, 0.2) is 11.4 Å². The molecule has 42 heavy (non-hydrogen) atoms. The molecule has 3 aromatic carbocycles. The maximum atomic E-state index is 13.4. The molecule has 0 saturated heterocycles. The van der Waals surface area contributed by atoms with Crippen molar-refractivity contribution in [1.29, 1.82) is 0 Å². The summed E-state index contributed by atoms with van der Waals surface area (Å²) in [5, 5.41) is 2.03. The second-order valence-corrected chi connectivity index (χ2v) is 9.05. The molecule has 1 aliphatic rings. The van der Waals surface area contributed by atoms with Gasteiger partial charge in [0.1, 0.15) is 6.61 Å². The molecule has 8 heteroatoms. The van der Waals surface area contributed by atoms with Gasteiger partial charge in [0, 0.05) is 18.9 Å². The zero-order valence-electron chi connectivity index (χ0n) is 24.7. The second-order valence-electron chi connectivity index (χ2n) is 9.05. The van der Waals surface area contributed by atoms with Crippen molar-refractivity contribution in [2.45, 2.75) is 40.0 Å². The second kappa shape index (κ2) is 16.6. The number of amides is 1. The van der Waals surface area contributed by atoms with Crippen molar-refractivity contribution in [3.8, 4) is 5.75 Å². The average molecular weight is 655 g/mol. The molecule has 0 bridgehead atoms. The monoisotopic (exact) mass is 655 g/mol. The summed E-state index contributed by atoms with van der Waals surface area (Å²) in [5.74, 6) is -0.370. The van der Waals surface area contributed by atoms with E-state index in [4.69, 9.17) is 9.47 Å². The van der Waals surface area contributed by atoms with Crippen LogP contribution in [0, 0.1) is 14.5 Å². The maximum Gasteiger partial charge on any atom is 2.00 e. The van der Waals surface area contributed by atoms with Gasteiger partial charge in [-0.1, -0.05) is 98.8 Å². The van der Waals surface area contributed by atoms with Crippen molar-refractivity contribution in [1.82, 2.24) is 9.58 Å².